The van der Waals surface area contributed by atoms with Gasteiger partial charge in [-0.05, 0) is 66.5 Å². The number of benzene rings is 2. The first-order valence-electron chi connectivity index (χ1n) is 9.11. The van der Waals surface area contributed by atoms with Crippen molar-refractivity contribution < 1.29 is 0 Å². The van der Waals surface area contributed by atoms with E-state index in [-0.39, 0.29) is 5.54 Å². The molecule has 2 aromatic rings. The van der Waals surface area contributed by atoms with Crippen LogP contribution >= 0.6 is 0 Å². The van der Waals surface area contributed by atoms with Gasteiger partial charge in [-0.2, -0.15) is 0 Å². The van der Waals surface area contributed by atoms with Crippen LogP contribution in [0, 0.1) is 0 Å². The van der Waals surface area contributed by atoms with E-state index in [9.17, 15) is 0 Å². The Bertz CT molecular complexity index is 740. The molecule has 24 heavy (non-hydrogen) atoms. The highest BCUT2D eigenvalue weighted by Gasteiger charge is 2.33. The van der Waals surface area contributed by atoms with Gasteiger partial charge in [-0.25, -0.2) is 0 Å². The Kier molecular flexibility index (Phi) is 4.07. The van der Waals surface area contributed by atoms with Gasteiger partial charge in [0.2, 0.25) is 0 Å². The summed E-state index contributed by atoms with van der Waals surface area (Å²) in [4.78, 5) is 2.55. The second kappa shape index (κ2) is 6.23. The highest BCUT2D eigenvalue weighted by Crippen LogP contribution is 2.37. The van der Waals surface area contributed by atoms with Gasteiger partial charge in [-0.1, -0.05) is 30.3 Å². The Hall–Kier alpha value is -1.84. The maximum Gasteiger partial charge on any atom is 0.0425 e. The molecular weight excluding hydrogens is 294 g/mol. The smallest absolute Gasteiger partial charge is 0.0425 e. The first-order chi connectivity index (χ1) is 11.6. The first kappa shape index (κ1) is 15.7. The second-order valence-corrected chi connectivity index (χ2v) is 7.47. The van der Waals surface area contributed by atoms with Crippen LogP contribution in [0.1, 0.15) is 41.5 Å². The summed E-state index contributed by atoms with van der Waals surface area (Å²) in [5.74, 6) is 0. The predicted octanol–water partition coefficient (Wildman–Crippen LogP) is 3.21. The molecule has 4 rings (SSSR count). The van der Waals surface area contributed by atoms with E-state index in [1.807, 2.05) is 6.07 Å². The maximum absolute atomic E-state index is 6.87. The first-order valence-corrected chi connectivity index (χ1v) is 9.11. The zero-order valence-electron chi connectivity index (χ0n) is 14.3. The predicted molar refractivity (Wildman–Crippen MR) is 99.7 cm³/mol. The Labute approximate surface area is 144 Å². The standard InChI is InChI=1S/C21H27N3/c22-19-8-7-17-6-3-10-21(23,20(17)14-19)11-13-24-12-9-16-4-1-2-5-18(16)15-24/h1-2,4-5,7-8,14H,3,6,9-13,15,22-23H2. The van der Waals surface area contributed by atoms with Crippen molar-refractivity contribution in [3.05, 3.63) is 64.7 Å². The molecule has 0 radical (unpaired) electrons. The molecule has 2 aromatic carbocycles. The van der Waals surface area contributed by atoms with E-state index < -0.39 is 0 Å². The van der Waals surface area contributed by atoms with Crippen LogP contribution < -0.4 is 11.5 Å². The molecule has 0 amide bonds. The fraction of sp³-hybridized carbons (Fsp3) is 0.429. The molecule has 126 valence electrons. The molecule has 0 bridgehead atoms. The minimum atomic E-state index is -0.222. The Morgan fingerprint density at radius 3 is 2.71 bits per heavy atom. The lowest BCUT2D eigenvalue weighted by molar-refractivity contribution is 0.212. The lowest BCUT2D eigenvalue weighted by Crippen LogP contribution is -2.44. The van der Waals surface area contributed by atoms with Crippen LogP contribution in [0.5, 0.6) is 0 Å². The lowest BCUT2D eigenvalue weighted by atomic mass is 9.75. The molecule has 2 aliphatic rings. The molecule has 3 nitrogen and oxygen atoms in total. The van der Waals surface area contributed by atoms with Crippen LogP contribution in [-0.2, 0) is 24.9 Å². The monoisotopic (exact) mass is 321 g/mol. The average Bonchev–Trinajstić information content (AvgIpc) is 2.61. The van der Waals surface area contributed by atoms with Gasteiger partial charge in [0.15, 0.2) is 0 Å². The average molecular weight is 321 g/mol. The molecule has 0 saturated heterocycles. The number of aryl methyl sites for hydroxylation is 1. The molecule has 0 aromatic heterocycles. The summed E-state index contributed by atoms with van der Waals surface area (Å²) in [6.07, 6.45) is 5.53. The third-order valence-electron chi connectivity index (χ3n) is 5.82. The molecular formula is C21H27N3. The molecule has 1 atom stereocenters. The van der Waals surface area contributed by atoms with E-state index >= 15 is 0 Å². The van der Waals surface area contributed by atoms with Gasteiger partial charge >= 0.3 is 0 Å². The molecule has 1 heterocycles. The molecule has 4 N–H and O–H groups in total. The summed E-state index contributed by atoms with van der Waals surface area (Å²) in [6, 6.07) is 15.1. The van der Waals surface area contributed by atoms with E-state index in [1.54, 1.807) is 0 Å². The third kappa shape index (κ3) is 2.94. The minimum absolute atomic E-state index is 0.222. The van der Waals surface area contributed by atoms with Crippen molar-refractivity contribution in [3.63, 3.8) is 0 Å². The summed E-state index contributed by atoms with van der Waals surface area (Å²) in [5.41, 5.74) is 19.2. The molecule has 0 spiro atoms. The quantitative estimate of drug-likeness (QED) is 0.854. The van der Waals surface area contributed by atoms with Gasteiger partial charge in [-0.15, -0.1) is 0 Å². The molecule has 1 aliphatic carbocycles. The third-order valence-corrected chi connectivity index (χ3v) is 5.82. The maximum atomic E-state index is 6.87. The highest BCUT2D eigenvalue weighted by atomic mass is 15.1. The van der Waals surface area contributed by atoms with Gasteiger partial charge in [0, 0.05) is 30.9 Å². The number of nitrogens with two attached hydrogens (primary N) is 2. The van der Waals surface area contributed by atoms with Crippen LogP contribution in [0.3, 0.4) is 0 Å². The summed E-state index contributed by atoms with van der Waals surface area (Å²) < 4.78 is 0. The van der Waals surface area contributed by atoms with E-state index in [1.165, 1.54) is 28.7 Å². The number of fused-ring (bicyclic) bond motifs is 2. The Morgan fingerprint density at radius 2 is 1.83 bits per heavy atom. The van der Waals surface area contributed by atoms with Crippen molar-refractivity contribution in [3.8, 4) is 0 Å². The second-order valence-electron chi connectivity index (χ2n) is 7.47. The summed E-state index contributed by atoms with van der Waals surface area (Å²) in [6.45, 7) is 3.24. The summed E-state index contributed by atoms with van der Waals surface area (Å²) >= 11 is 0. The molecule has 0 fully saturated rings. The normalized spacial score (nSPS) is 23.5. The minimum Gasteiger partial charge on any atom is -0.399 e. The van der Waals surface area contributed by atoms with E-state index in [0.29, 0.717) is 0 Å². The molecule has 1 unspecified atom stereocenters. The fourth-order valence-electron chi connectivity index (χ4n) is 4.37. The van der Waals surface area contributed by atoms with Gasteiger partial charge < -0.3 is 11.5 Å². The number of hydrogen-bond acceptors (Lipinski definition) is 3. The van der Waals surface area contributed by atoms with Crippen LogP contribution in [0.4, 0.5) is 5.69 Å². The number of anilines is 1. The highest BCUT2D eigenvalue weighted by molar-refractivity contribution is 5.48. The number of nitrogen functional groups attached to an aromatic ring is 1. The van der Waals surface area contributed by atoms with Crippen molar-refractivity contribution in [2.45, 2.75) is 44.2 Å². The van der Waals surface area contributed by atoms with Gasteiger partial charge in [0.1, 0.15) is 0 Å². The van der Waals surface area contributed by atoms with Crippen LogP contribution in [0.2, 0.25) is 0 Å². The Balaban J connectivity index is 1.48. The van der Waals surface area contributed by atoms with Crippen LogP contribution in [0.25, 0.3) is 0 Å². The number of rotatable bonds is 3. The van der Waals surface area contributed by atoms with Crippen LogP contribution in [-0.4, -0.2) is 18.0 Å². The van der Waals surface area contributed by atoms with Crippen LogP contribution in [0.15, 0.2) is 42.5 Å². The Morgan fingerprint density at radius 1 is 1.00 bits per heavy atom. The van der Waals surface area contributed by atoms with E-state index in [0.717, 1.165) is 51.0 Å². The zero-order valence-corrected chi connectivity index (χ0v) is 14.3. The molecule has 1 aliphatic heterocycles. The molecule has 0 saturated carbocycles. The largest absolute Gasteiger partial charge is 0.399 e. The van der Waals surface area contributed by atoms with Gasteiger partial charge in [-0.3, -0.25) is 4.90 Å². The van der Waals surface area contributed by atoms with Crippen molar-refractivity contribution in [1.29, 1.82) is 0 Å². The SMILES string of the molecule is Nc1ccc2c(c1)C(N)(CCN1CCc3ccccc3C1)CCC2. The van der Waals surface area contributed by atoms with Crippen molar-refractivity contribution in [2.75, 3.05) is 18.8 Å². The van der Waals surface area contributed by atoms with Crippen molar-refractivity contribution >= 4 is 5.69 Å². The fourth-order valence-corrected chi connectivity index (χ4v) is 4.37. The zero-order chi connectivity index (χ0) is 16.6. The lowest BCUT2D eigenvalue weighted by Gasteiger charge is -2.38. The van der Waals surface area contributed by atoms with Crippen molar-refractivity contribution in [2.24, 2.45) is 5.73 Å². The van der Waals surface area contributed by atoms with Gasteiger partial charge in [0.25, 0.3) is 0 Å². The summed E-state index contributed by atoms with van der Waals surface area (Å²) in [7, 11) is 0. The number of hydrogen-bond donors (Lipinski definition) is 2. The van der Waals surface area contributed by atoms with E-state index in [4.69, 9.17) is 11.5 Å². The molecule has 3 heteroatoms. The number of nitrogens with zero attached hydrogens (tertiary/aromatic N) is 1. The van der Waals surface area contributed by atoms with Crippen molar-refractivity contribution in [1.82, 2.24) is 4.90 Å². The van der Waals surface area contributed by atoms with E-state index in [2.05, 4.69) is 41.3 Å². The summed E-state index contributed by atoms with van der Waals surface area (Å²) in [5, 5.41) is 0. The van der Waals surface area contributed by atoms with Gasteiger partial charge in [0.05, 0.1) is 0 Å². The topological polar surface area (TPSA) is 55.3 Å².